The minimum Gasteiger partial charge on any atom is -0.380 e. The van der Waals surface area contributed by atoms with Crippen molar-refractivity contribution in [3.8, 4) is 0 Å². The summed E-state index contributed by atoms with van der Waals surface area (Å²) in [6.07, 6.45) is 4.23. The Bertz CT molecular complexity index is 636. The Morgan fingerprint density at radius 3 is 3.10 bits per heavy atom. The fraction of sp³-hybridized carbons (Fsp3) is 0.286. The van der Waals surface area contributed by atoms with Gasteiger partial charge in [-0.05, 0) is 34.3 Å². The number of hydrogen-bond donors (Lipinski definition) is 1. The standard InChI is InChI=1S/C14H16BrN3OS/c1-3-6-18-14(19)13(15)12(9-16-18)17-10(2)8-11-5-4-7-20-11/h3-5,7,9-10,17H,1,6,8H2,2H3. The number of hydrogen-bond acceptors (Lipinski definition) is 4. The van der Waals surface area contributed by atoms with Crippen LogP contribution in [0.25, 0.3) is 0 Å². The molecule has 1 unspecified atom stereocenters. The molecular weight excluding hydrogens is 338 g/mol. The molecule has 1 N–H and O–H groups in total. The fourth-order valence-electron chi connectivity index (χ4n) is 1.87. The zero-order valence-electron chi connectivity index (χ0n) is 11.2. The molecule has 0 saturated carbocycles. The lowest BCUT2D eigenvalue weighted by Crippen LogP contribution is -2.26. The van der Waals surface area contributed by atoms with Crippen LogP contribution in [0.3, 0.4) is 0 Å². The van der Waals surface area contributed by atoms with Crippen LogP contribution in [0.15, 0.2) is 45.6 Å². The van der Waals surface area contributed by atoms with Crippen LogP contribution < -0.4 is 10.9 Å². The third kappa shape index (κ3) is 3.58. The summed E-state index contributed by atoms with van der Waals surface area (Å²) in [5.41, 5.74) is 0.567. The lowest BCUT2D eigenvalue weighted by atomic mass is 10.2. The zero-order valence-corrected chi connectivity index (χ0v) is 13.6. The third-order valence-electron chi connectivity index (χ3n) is 2.78. The van der Waals surface area contributed by atoms with Crippen LogP contribution in [0.4, 0.5) is 5.69 Å². The SMILES string of the molecule is C=CCn1ncc(NC(C)Cc2cccs2)c(Br)c1=O. The first-order valence-corrected chi connectivity index (χ1v) is 7.94. The summed E-state index contributed by atoms with van der Waals surface area (Å²) in [4.78, 5) is 13.4. The average Bonchev–Trinajstić information content (AvgIpc) is 2.91. The van der Waals surface area contributed by atoms with E-state index >= 15 is 0 Å². The van der Waals surface area contributed by atoms with Crippen molar-refractivity contribution < 1.29 is 0 Å². The number of nitrogens with one attached hydrogen (secondary N) is 1. The minimum atomic E-state index is -0.154. The van der Waals surface area contributed by atoms with Crippen molar-refractivity contribution >= 4 is 33.0 Å². The van der Waals surface area contributed by atoms with Crippen LogP contribution in [0.1, 0.15) is 11.8 Å². The monoisotopic (exact) mass is 353 g/mol. The highest BCUT2D eigenvalue weighted by Crippen LogP contribution is 2.19. The molecule has 0 aliphatic carbocycles. The predicted molar refractivity (Wildman–Crippen MR) is 87.5 cm³/mol. The van der Waals surface area contributed by atoms with E-state index in [4.69, 9.17) is 0 Å². The average molecular weight is 354 g/mol. The molecule has 0 spiro atoms. The lowest BCUT2D eigenvalue weighted by Gasteiger charge is -2.15. The predicted octanol–water partition coefficient (Wildman–Crippen LogP) is 3.30. The molecule has 2 aromatic rings. The summed E-state index contributed by atoms with van der Waals surface area (Å²) in [6.45, 7) is 6.10. The number of aromatic nitrogens is 2. The van der Waals surface area contributed by atoms with Gasteiger partial charge in [-0.15, -0.1) is 17.9 Å². The van der Waals surface area contributed by atoms with Crippen molar-refractivity contribution in [3.63, 3.8) is 0 Å². The number of halogens is 1. The van der Waals surface area contributed by atoms with E-state index in [-0.39, 0.29) is 11.6 Å². The second kappa shape index (κ2) is 6.85. The van der Waals surface area contributed by atoms with Gasteiger partial charge < -0.3 is 5.32 Å². The van der Waals surface area contributed by atoms with Crippen LogP contribution >= 0.6 is 27.3 Å². The van der Waals surface area contributed by atoms with Crippen molar-refractivity contribution in [2.75, 3.05) is 5.32 Å². The molecule has 0 fully saturated rings. The van der Waals surface area contributed by atoms with Gasteiger partial charge in [0.2, 0.25) is 0 Å². The summed E-state index contributed by atoms with van der Waals surface area (Å²) >= 11 is 5.07. The second-order valence-corrected chi connectivity index (χ2v) is 6.30. The quantitative estimate of drug-likeness (QED) is 0.810. The molecule has 2 rings (SSSR count). The molecule has 0 aliphatic heterocycles. The molecule has 6 heteroatoms. The second-order valence-electron chi connectivity index (χ2n) is 4.48. The Hall–Kier alpha value is -1.40. The molecule has 1 atom stereocenters. The van der Waals surface area contributed by atoms with E-state index in [2.05, 4.69) is 51.3 Å². The van der Waals surface area contributed by atoms with E-state index in [0.29, 0.717) is 11.0 Å². The van der Waals surface area contributed by atoms with E-state index in [1.165, 1.54) is 9.56 Å². The van der Waals surface area contributed by atoms with Crippen molar-refractivity contribution in [2.24, 2.45) is 0 Å². The number of allylic oxidation sites excluding steroid dienone is 1. The van der Waals surface area contributed by atoms with Crippen molar-refractivity contribution in [1.82, 2.24) is 9.78 Å². The van der Waals surface area contributed by atoms with Gasteiger partial charge in [0.15, 0.2) is 0 Å². The van der Waals surface area contributed by atoms with E-state index in [1.54, 1.807) is 23.6 Å². The van der Waals surface area contributed by atoms with Crippen LogP contribution in [-0.4, -0.2) is 15.8 Å². The van der Waals surface area contributed by atoms with E-state index < -0.39 is 0 Å². The first-order valence-electron chi connectivity index (χ1n) is 6.27. The highest BCUT2D eigenvalue weighted by molar-refractivity contribution is 9.10. The number of nitrogens with zero attached hydrogens (tertiary/aromatic N) is 2. The Kier molecular flexibility index (Phi) is 5.14. The fourth-order valence-corrected chi connectivity index (χ4v) is 3.12. The number of rotatable bonds is 6. The molecule has 0 aliphatic rings. The normalized spacial score (nSPS) is 12.1. The number of thiophene rings is 1. The first-order chi connectivity index (χ1) is 9.61. The van der Waals surface area contributed by atoms with Crippen molar-refractivity contribution in [3.05, 3.63) is 56.1 Å². The molecule has 0 saturated heterocycles. The van der Waals surface area contributed by atoms with Gasteiger partial charge in [0.25, 0.3) is 5.56 Å². The van der Waals surface area contributed by atoms with Gasteiger partial charge in [0.05, 0.1) is 18.4 Å². The topological polar surface area (TPSA) is 46.9 Å². The smallest absolute Gasteiger partial charge is 0.283 e. The van der Waals surface area contributed by atoms with Gasteiger partial charge in [0, 0.05) is 17.3 Å². The Morgan fingerprint density at radius 1 is 1.65 bits per heavy atom. The molecule has 20 heavy (non-hydrogen) atoms. The third-order valence-corrected chi connectivity index (χ3v) is 4.44. The van der Waals surface area contributed by atoms with E-state index in [0.717, 1.165) is 12.1 Å². The van der Waals surface area contributed by atoms with Gasteiger partial charge in [-0.1, -0.05) is 12.1 Å². The van der Waals surface area contributed by atoms with E-state index in [9.17, 15) is 4.79 Å². The highest BCUT2D eigenvalue weighted by Gasteiger charge is 2.11. The van der Waals surface area contributed by atoms with Gasteiger partial charge >= 0.3 is 0 Å². The van der Waals surface area contributed by atoms with Crippen molar-refractivity contribution in [2.45, 2.75) is 25.9 Å². The molecule has 0 radical (unpaired) electrons. The summed E-state index contributed by atoms with van der Waals surface area (Å²) in [7, 11) is 0. The molecule has 106 valence electrons. The molecule has 0 bridgehead atoms. The molecule has 0 amide bonds. The molecule has 4 nitrogen and oxygen atoms in total. The molecule has 2 aromatic heterocycles. The van der Waals surface area contributed by atoms with Gasteiger partial charge in [-0.25, -0.2) is 4.68 Å². The van der Waals surface area contributed by atoms with Gasteiger partial charge in [-0.2, -0.15) is 5.10 Å². The maximum atomic E-state index is 12.0. The summed E-state index contributed by atoms with van der Waals surface area (Å²) < 4.78 is 1.87. The summed E-state index contributed by atoms with van der Waals surface area (Å²) in [5, 5.41) is 9.50. The Balaban J connectivity index is 2.11. The van der Waals surface area contributed by atoms with Gasteiger partial charge in [0.1, 0.15) is 4.47 Å². The van der Waals surface area contributed by atoms with Crippen LogP contribution in [-0.2, 0) is 13.0 Å². The zero-order chi connectivity index (χ0) is 14.5. The van der Waals surface area contributed by atoms with Crippen molar-refractivity contribution in [1.29, 1.82) is 0 Å². The largest absolute Gasteiger partial charge is 0.380 e. The maximum Gasteiger partial charge on any atom is 0.283 e. The molecule has 2 heterocycles. The minimum absolute atomic E-state index is 0.154. The van der Waals surface area contributed by atoms with Crippen LogP contribution in [0.5, 0.6) is 0 Å². The van der Waals surface area contributed by atoms with Gasteiger partial charge in [-0.3, -0.25) is 4.79 Å². The highest BCUT2D eigenvalue weighted by atomic mass is 79.9. The summed E-state index contributed by atoms with van der Waals surface area (Å²) in [6, 6.07) is 4.38. The summed E-state index contributed by atoms with van der Waals surface area (Å²) in [5.74, 6) is 0. The maximum absolute atomic E-state index is 12.0. The Morgan fingerprint density at radius 2 is 2.45 bits per heavy atom. The first kappa shape index (κ1) is 15.0. The lowest BCUT2D eigenvalue weighted by molar-refractivity contribution is 0.647. The van der Waals surface area contributed by atoms with Crippen LogP contribution in [0.2, 0.25) is 0 Å². The number of anilines is 1. The van der Waals surface area contributed by atoms with E-state index in [1.807, 2.05) is 6.07 Å². The molecule has 0 aromatic carbocycles. The van der Waals surface area contributed by atoms with Crippen LogP contribution in [0, 0.1) is 0 Å². The molecular formula is C14H16BrN3OS. The Labute approximate surface area is 130 Å².